The number of benzene rings is 2. The van der Waals surface area contributed by atoms with Gasteiger partial charge in [-0.1, -0.05) is 12.1 Å². The van der Waals surface area contributed by atoms with Gasteiger partial charge in [-0.15, -0.1) is 0 Å². The van der Waals surface area contributed by atoms with Crippen LogP contribution in [0.1, 0.15) is 6.92 Å². The number of halogens is 1. The predicted octanol–water partition coefficient (Wildman–Crippen LogP) is 2.17. The van der Waals surface area contributed by atoms with Gasteiger partial charge in [-0.25, -0.2) is 17.5 Å². The van der Waals surface area contributed by atoms with Crippen molar-refractivity contribution in [2.45, 2.75) is 11.8 Å². The fraction of sp³-hybridized carbons (Fsp3) is 0.278. The number of ether oxygens (including phenoxy) is 2. The van der Waals surface area contributed by atoms with Crippen LogP contribution >= 0.6 is 0 Å². The Labute approximate surface area is 157 Å². The van der Waals surface area contributed by atoms with E-state index in [9.17, 15) is 17.6 Å². The number of amides is 1. The summed E-state index contributed by atoms with van der Waals surface area (Å²) in [6.45, 7) is 1.17. The number of anilines is 1. The zero-order valence-electron chi connectivity index (χ0n) is 15.2. The molecule has 0 bridgehead atoms. The summed E-state index contributed by atoms with van der Waals surface area (Å²) in [6, 6.07) is 10.00. The lowest BCUT2D eigenvalue weighted by Gasteiger charge is -2.22. The van der Waals surface area contributed by atoms with Crippen molar-refractivity contribution in [2.24, 2.45) is 0 Å². The van der Waals surface area contributed by atoms with Crippen LogP contribution in [0.15, 0.2) is 47.4 Å². The van der Waals surface area contributed by atoms with Crippen LogP contribution in [0.3, 0.4) is 0 Å². The standard InChI is InChI=1S/C18H21FN2O5S/c1-13(22)21(16-7-5-4-6-15(16)19)11-10-20-27(23,24)14-8-9-17(25-2)18(12-14)26-3/h4-9,12,20H,10-11H2,1-3H3. The van der Waals surface area contributed by atoms with E-state index in [0.29, 0.717) is 5.75 Å². The first-order chi connectivity index (χ1) is 12.8. The monoisotopic (exact) mass is 396 g/mol. The van der Waals surface area contributed by atoms with Crippen molar-refractivity contribution in [2.75, 3.05) is 32.2 Å². The highest BCUT2D eigenvalue weighted by molar-refractivity contribution is 7.89. The van der Waals surface area contributed by atoms with Crippen LogP contribution in [0.5, 0.6) is 11.5 Å². The Morgan fingerprint density at radius 1 is 1.11 bits per heavy atom. The van der Waals surface area contributed by atoms with Gasteiger partial charge in [-0.2, -0.15) is 0 Å². The normalized spacial score (nSPS) is 11.1. The van der Waals surface area contributed by atoms with Gasteiger partial charge in [0.1, 0.15) is 5.82 Å². The maximum absolute atomic E-state index is 13.9. The summed E-state index contributed by atoms with van der Waals surface area (Å²) in [6.07, 6.45) is 0. The van der Waals surface area contributed by atoms with Crippen molar-refractivity contribution in [1.82, 2.24) is 4.72 Å². The van der Waals surface area contributed by atoms with E-state index in [0.717, 1.165) is 0 Å². The van der Waals surface area contributed by atoms with Crippen LogP contribution in [-0.2, 0) is 14.8 Å². The van der Waals surface area contributed by atoms with Gasteiger partial charge in [0.15, 0.2) is 11.5 Å². The number of carbonyl (C=O) groups excluding carboxylic acids is 1. The topological polar surface area (TPSA) is 84.9 Å². The summed E-state index contributed by atoms with van der Waals surface area (Å²) in [5, 5.41) is 0. The molecule has 2 aromatic carbocycles. The minimum absolute atomic E-state index is 0.0135. The van der Waals surface area contributed by atoms with E-state index in [1.54, 1.807) is 6.07 Å². The third-order valence-electron chi connectivity index (χ3n) is 3.82. The highest BCUT2D eigenvalue weighted by atomic mass is 32.2. The van der Waals surface area contributed by atoms with E-state index in [1.165, 1.54) is 62.4 Å². The van der Waals surface area contributed by atoms with Crippen molar-refractivity contribution >= 4 is 21.6 Å². The van der Waals surface area contributed by atoms with E-state index in [4.69, 9.17) is 9.47 Å². The number of nitrogens with one attached hydrogen (secondary N) is 1. The zero-order valence-corrected chi connectivity index (χ0v) is 16.0. The molecular formula is C18H21FN2O5S. The minimum Gasteiger partial charge on any atom is -0.493 e. The van der Waals surface area contributed by atoms with Crippen LogP contribution < -0.4 is 19.1 Å². The molecule has 0 saturated carbocycles. The van der Waals surface area contributed by atoms with Gasteiger partial charge in [-0.3, -0.25) is 4.79 Å². The molecule has 2 rings (SSSR count). The number of para-hydroxylation sites is 1. The Morgan fingerprint density at radius 2 is 1.78 bits per heavy atom. The first-order valence-corrected chi connectivity index (χ1v) is 9.52. The van der Waals surface area contributed by atoms with Gasteiger partial charge in [-0.05, 0) is 24.3 Å². The number of sulfonamides is 1. The zero-order chi connectivity index (χ0) is 20.0. The van der Waals surface area contributed by atoms with E-state index >= 15 is 0 Å². The molecular weight excluding hydrogens is 375 g/mol. The van der Waals surface area contributed by atoms with Gasteiger partial charge in [0, 0.05) is 26.1 Å². The smallest absolute Gasteiger partial charge is 0.240 e. The summed E-state index contributed by atoms with van der Waals surface area (Å²) >= 11 is 0. The molecule has 0 aliphatic carbocycles. The van der Waals surface area contributed by atoms with E-state index < -0.39 is 21.7 Å². The molecule has 1 amide bonds. The maximum Gasteiger partial charge on any atom is 0.240 e. The molecule has 0 radical (unpaired) electrons. The van der Waals surface area contributed by atoms with Crippen molar-refractivity contribution in [3.05, 3.63) is 48.3 Å². The van der Waals surface area contributed by atoms with E-state index in [1.807, 2.05) is 0 Å². The third kappa shape index (κ3) is 4.95. The van der Waals surface area contributed by atoms with Gasteiger partial charge in [0.05, 0.1) is 24.8 Å². The quantitative estimate of drug-likeness (QED) is 0.739. The highest BCUT2D eigenvalue weighted by Crippen LogP contribution is 2.29. The molecule has 9 heteroatoms. The van der Waals surface area contributed by atoms with Crippen molar-refractivity contribution in [3.63, 3.8) is 0 Å². The summed E-state index contributed by atoms with van der Waals surface area (Å²) in [5.74, 6) is -0.281. The SMILES string of the molecule is COc1ccc(S(=O)(=O)NCCN(C(C)=O)c2ccccc2F)cc1OC. The van der Waals surface area contributed by atoms with Crippen LogP contribution in [0.25, 0.3) is 0 Å². The lowest BCUT2D eigenvalue weighted by molar-refractivity contribution is -0.116. The maximum atomic E-state index is 13.9. The Kier molecular flexibility index (Phi) is 6.75. The number of hydrogen-bond acceptors (Lipinski definition) is 5. The Balaban J connectivity index is 2.12. The minimum atomic E-state index is -3.85. The molecule has 0 saturated heterocycles. The molecule has 7 nitrogen and oxygen atoms in total. The molecule has 0 atom stereocenters. The van der Waals surface area contributed by atoms with E-state index in [-0.39, 0.29) is 29.4 Å². The second-order valence-corrected chi connectivity index (χ2v) is 7.30. The van der Waals surface area contributed by atoms with Crippen LogP contribution in [0, 0.1) is 5.82 Å². The summed E-state index contributed by atoms with van der Waals surface area (Å²) in [5.41, 5.74) is 0.0929. The first kappa shape index (κ1) is 20.7. The van der Waals surface area contributed by atoms with Crippen molar-refractivity contribution in [1.29, 1.82) is 0 Å². The predicted molar refractivity (Wildman–Crippen MR) is 99.2 cm³/mol. The van der Waals surface area contributed by atoms with Crippen molar-refractivity contribution in [3.8, 4) is 11.5 Å². The number of hydrogen-bond donors (Lipinski definition) is 1. The van der Waals surface area contributed by atoms with Gasteiger partial charge < -0.3 is 14.4 Å². The lowest BCUT2D eigenvalue weighted by atomic mass is 10.2. The summed E-state index contributed by atoms with van der Waals surface area (Å²) in [7, 11) is -0.997. The van der Waals surface area contributed by atoms with Crippen LogP contribution in [0.4, 0.5) is 10.1 Å². The molecule has 2 aromatic rings. The molecule has 27 heavy (non-hydrogen) atoms. The highest BCUT2D eigenvalue weighted by Gasteiger charge is 2.19. The van der Waals surface area contributed by atoms with Crippen molar-refractivity contribution < 1.29 is 27.1 Å². The van der Waals surface area contributed by atoms with Gasteiger partial charge in [0.2, 0.25) is 15.9 Å². The fourth-order valence-electron chi connectivity index (χ4n) is 2.48. The van der Waals surface area contributed by atoms with Crippen LogP contribution in [0.2, 0.25) is 0 Å². The Hall–Kier alpha value is -2.65. The molecule has 0 unspecified atom stereocenters. The number of nitrogens with zero attached hydrogens (tertiary/aromatic N) is 1. The largest absolute Gasteiger partial charge is 0.493 e. The van der Waals surface area contributed by atoms with Crippen LogP contribution in [-0.4, -0.2) is 41.6 Å². The second-order valence-electron chi connectivity index (χ2n) is 5.54. The summed E-state index contributed by atoms with van der Waals surface area (Å²) < 4.78 is 51.4. The van der Waals surface area contributed by atoms with Gasteiger partial charge >= 0.3 is 0 Å². The van der Waals surface area contributed by atoms with Gasteiger partial charge in [0.25, 0.3) is 0 Å². The second kappa shape index (κ2) is 8.83. The number of carbonyl (C=O) groups is 1. The molecule has 0 aliphatic rings. The van der Waals surface area contributed by atoms with E-state index in [2.05, 4.69) is 4.72 Å². The molecule has 146 valence electrons. The lowest BCUT2D eigenvalue weighted by Crippen LogP contribution is -2.38. The fourth-order valence-corrected chi connectivity index (χ4v) is 3.51. The molecule has 0 spiro atoms. The Morgan fingerprint density at radius 3 is 2.37 bits per heavy atom. The molecule has 0 aliphatic heterocycles. The average Bonchev–Trinajstić information content (AvgIpc) is 2.65. The first-order valence-electron chi connectivity index (χ1n) is 8.04. The molecule has 0 heterocycles. The summed E-state index contributed by atoms with van der Waals surface area (Å²) in [4.78, 5) is 13.0. The molecule has 1 N–H and O–H groups in total. The molecule has 0 fully saturated rings. The molecule has 0 aromatic heterocycles. The average molecular weight is 396 g/mol. The number of rotatable bonds is 8. The number of methoxy groups -OCH3 is 2. The third-order valence-corrected chi connectivity index (χ3v) is 5.27. The Bertz CT molecular complexity index is 918.